The average Bonchev–Trinajstić information content (AvgIpc) is 2.38. The van der Waals surface area contributed by atoms with Crippen LogP contribution in [0.3, 0.4) is 0 Å². The van der Waals surface area contributed by atoms with Gasteiger partial charge in [0.15, 0.2) is 0 Å². The maximum absolute atomic E-state index is 6.24. The molecule has 1 aromatic rings. The fraction of sp³-hybridized carbons (Fsp3) is 0.647. The van der Waals surface area contributed by atoms with Crippen molar-refractivity contribution in [2.24, 2.45) is 0 Å². The fourth-order valence-corrected chi connectivity index (χ4v) is 3.08. The second-order valence-electron chi connectivity index (χ2n) is 5.66. The Kier molecular flexibility index (Phi) is 8.60. The van der Waals surface area contributed by atoms with Gasteiger partial charge in [0, 0.05) is 22.1 Å². The molecule has 0 heterocycles. The van der Waals surface area contributed by atoms with Gasteiger partial charge in [-0.25, -0.2) is 0 Å². The van der Waals surface area contributed by atoms with Crippen molar-refractivity contribution in [1.82, 2.24) is 5.32 Å². The summed E-state index contributed by atoms with van der Waals surface area (Å²) in [6, 6.07) is 6.49. The van der Waals surface area contributed by atoms with Gasteiger partial charge in [0.05, 0.1) is 0 Å². The average molecular weight is 316 g/mol. The molecule has 0 bridgehead atoms. The van der Waals surface area contributed by atoms with Gasteiger partial charge in [-0.15, -0.1) is 0 Å². The molecule has 0 saturated heterocycles. The highest BCUT2D eigenvalue weighted by Gasteiger charge is 2.12. The molecule has 2 unspecified atom stereocenters. The van der Waals surface area contributed by atoms with Crippen molar-refractivity contribution in [2.75, 3.05) is 0 Å². The van der Waals surface area contributed by atoms with Crippen LogP contribution in [0.15, 0.2) is 18.2 Å². The summed E-state index contributed by atoms with van der Waals surface area (Å²) in [5.74, 6) is 0. The normalized spacial score (nSPS) is 14.2. The van der Waals surface area contributed by atoms with Crippen LogP contribution in [0.4, 0.5) is 0 Å². The summed E-state index contributed by atoms with van der Waals surface area (Å²) in [7, 11) is 0. The van der Waals surface area contributed by atoms with Crippen molar-refractivity contribution >= 4 is 23.2 Å². The number of nitrogens with one attached hydrogen (secondary N) is 1. The fourth-order valence-electron chi connectivity index (χ4n) is 2.51. The van der Waals surface area contributed by atoms with Gasteiger partial charge in [-0.2, -0.15) is 0 Å². The van der Waals surface area contributed by atoms with E-state index in [1.54, 1.807) is 0 Å². The Bertz CT molecular complexity index is 393. The van der Waals surface area contributed by atoms with Gasteiger partial charge in [0.1, 0.15) is 0 Å². The molecule has 1 nitrogen and oxygen atoms in total. The molecule has 0 fully saturated rings. The maximum atomic E-state index is 6.24. The largest absolute Gasteiger partial charge is 0.308 e. The minimum absolute atomic E-state index is 0.255. The van der Waals surface area contributed by atoms with Gasteiger partial charge >= 0.3 is 0 Å². The highest BCUT2D eigenvalue weighted by molar-refractivity contribution is 6.35. The van der Waals surface area contributed by atoms with Crippen molar-refractivity contribution in [1.29, 1.82) is 0 Å². The van der Waals surface area contributed by atoms with Crippen LogP contribution in [-0.2, 0) is 0 Å². The number of benzene rings is 1. The molecule has 0 aliphatic carbocycles. The first-order valence-corrected chi connectivity index (χ1v) is 8.51. The molecular weight excluding hydrogens is 289 g/mol. The Balaban J connectivity index is 2.35. The van der Waals surface area contributed by atoms with E-state index in [0.717, 1.165) is 10.6 Å². The van der Waals surface area contributed by atoms with E-state index in [2.05, 4.69) is 26.1 Å². The lowest BCUT2D eigenvalue weighted by molar-refractivity contribution is 0.436. The predicted molar refractivity (Wildman–Crippen MR) is 90.9 cm³/mol. The number of rotatable bonds is 9. The van der Waals surface area contributed by atoms with Crippen LogP contribution in [-0.4, -0.2) is 6.04 Å². The van der Waals surface area contributed by atoms with Crippen LogP contribution in [0.2, 0.25) is 10.0 Å². The van der Waals surface area contributed by atoms with E-state index in [4.69, 9.17) is 23.2 Å². The third-order valence-electron chi connectivity index (χ3n) is 3.70. The van der Waals surface area contributed by atoms with E-state index in [-0.39, 0.29) is 6.04 Å². The summed E-state index contributed by atoms with van der Waals surface area (Å²) < 4.78 is 0. The number of halogens is 2. The van der Waals surface area contributed by atoms with Gasteiger partial charge in [-0.3, -0.25) is 0 Å². The Morgan fingerprint density at radius 1 is 1.05 bits per heavy atom. The summed E-state index contributed by atoms with van der Waals surface area (Å²) in [4.78, 5) is 0. The number of unbranched alkanes of at least 4 members (excludes halogenated alkanes) is 4. The van der Waals surface area contributed by atoms with Crippen LogP contribution >= 0.6 is 23.2 Å². The van der Waals surface area contributed by atoms with E-state index in [9.17, 15) is 0 Å². The van der Waals surface area contributed by atoms with Crippen LogP contribution < -0.4 is 5.32 Å². The summed E-state index contributed by atoms with van der Waals surface area (Å²) in [6.07, 6.45) is 7.89. The second-order valence-corrected chi connectivity index (χ2v) is 6.50. The van der Waals surface area contributed by atoms with Crippen molar-refractivity contribution in [3.8, 4) is 0 Å². The molecule has 0 aromatic heterocycles. The van der Waals surface area contributed by atoms with E-state index in [1.807, 2.05) is 18.2 Å². The van der Waals surface area contributed by atoms with Gasteiger partial charge < -0.3 is 5.32 Å². The summed E-state index contributed by atoms with van der Waals surface area (Å²) in [5.41, 5.74) is 1.12. The molecule has 2 atom stereocenters. The molecule has 0 radical (unpaired) electrons. The third-order valence-corrected chi connectivity index (χ3v) is 4.27. The van der Waals surface area contributed by atoms with E-state index in [0.29, 0.717) is 11.1 Å². The Morgan fingerprint density at radius 2 is 1.75 bits per heavy atom. The Morgan fingerprint density at radius 3 is 2.40 bits per heavy atom. The van der Waals surface area contributed by atoms with Crippen molar-refractivity contribution in [2.45, 2.75) is 71.4 Å². The molecular formula is C17H27Cl2N. The lowest BCUT2D eigenvalue weighted by Crippen LogP contribution is -2.29. The first-order chi connectivity index (χ1) is 9.54. The molecule has 3 heteroatoms. The van der Waals surface area contributed by atoms with Crippen molar-refractivity contribution in [3.05, 3.63) is 33.8 Å². The van der Waals surface area contributed by atoms with Gasteiger partial charge in [0.25, 0.3) is 0 Å². The standard InChI is InChI=1S/C17H27Cl2N/c1-4-5-6-7-8-9-13(2)20-14(3)16-11-10-15(18)12-17(16)19/h10-14,20H,4-9H2,1-3H3. The van der Waals surface area contributed by atoms with Gasteiger partial charge in [-0.1, -0.05) is 68.3 Å². The van der Waals surface area contributed by atoms with E-state index < -0.39 is 0 Å². The van der Waals surface area contributed by atoms with Crippen molar-refractivity contribution in [3.63, 3.8) is 0 Å². The molecule has 114 valence electrons. The SMILES string of the molecule is CCCCCCCC(C)NC(C)c1ccc(Cl)cc1Cl. The first kappa shape index (κ1) is 17.8. The predicted octanol–water partition coefficient (Wildman–Crippen LogP) is 6.39. The molecule has 0 spiro atoms. The minimum atomic E-state index is 0.255. The molecule has 1 aromatic carbocycles. The molecule has 0 saturated carbocycles. The monoisotopic (exact) mass is 315 g/mol. The smallest absolute Gasteiger partial charge is 0.0468 e. The molecule has 0 amide bonds. The van der Waals surface area contributed by atoms with E-state index in [1.165, 1.54) is 38.5 Å². The van der Waals surface area contributed by atoms with Crippen LogP contribution in [0.5, 0.6) is 0 Å². The minimum Gasteiger partial charge on any atom is -0.308 e. The third kappa shape index (κ3) is 6.47. The topological polar surface area (TPSA) is 12.0 Å². The summed E-state index contributed by atoms with van der Waals surface area (Å²) in [5, 5.41) is 5.05. The first-order valence-electron chi connectivity index (χ1n) is 7.75. The van der Waals surface area contributed by atoms with Crippen LogP contribution in [0.25, 0.3) is 0 Å². The molecule has 20 heavy (non-hydrogen) atoms. The maximum Gasteiger partial charge on any atom is 0.0468 e. The molecule has 0 aliphatic heterocycles. The summed E-state index contributed by atoms with van der Waals surface area (Å²) in [6.45, 7) is 6.66. The molecule has 1 N–H and O–H groups in total. The van der Waals surface area contributed by atoms with Crippen LogP contribution in [0.1, 0.15) is 70.9 Å². The van der Waals surface area contributed by atoms with Gasteiger partial charge in [-0.05, 0) is 38.0 Å². The zero-order chi connectivity index (χ0) is 15.0. The van der Waals surface area contributed by atoms with Crippen molar-refractivity contribution < 1.29 is 0 Å². The molecule has 1 rings (SSSR count). The summed E-state index contributed by atoms with van der Waals surface area (Å²) >= 11 is 12.2. The highest BCUT2D eigenvalue weighted by Crippen LogP contribution is 2.26. The highest BCUT2D eigenvalue weighted by atomic mass is 35.5. The zero-order valence-corrected chi connectivity index (χ0v) is 14.4. The lowest BCUT2D eigenvalue weighted by Gasteiger charge is -2.21. The second kappa shape index (κ2) is 9.65. The van der Waals surface area contributed by atoms with Gasteiger partial charge in [0.2, 0.25) is 0 Å². The van der Waals surface area contributed by atoms with E-state index >= 15 is 0 Å². The Labute approximate surface area is 134 Å². The number of hydrogen-bond donors (Lipinski definition) is 1. The lowest BCUT2D eigenvalue weighted by atomic mass is 10.0. The number of hydrogen-bond acceptors (Lipinski definition) is 1. The Hall–Kier alpha value is -0.240. The molecule has 0 aliphatic rings. The quantitative estimate of drug-likeness (QED) is 0.520. The van der Waals surface area contributed by atoms with Crippen LogP contribution in [0, 0.1) is 0 Å². The zero-order valence-electron chi connectivity index (χ0n) is 12.9.